The lowest BCUT2D eigenvalue weighted by Gasteiger charge is -2.02. The molecular weight excluding hydrogens is 192 g/mol. The van der Waals surface area contributed by atoms with E-state index in [1.165, 1.54) is 0 Å². The van der Waals surface area contributed by atoms with Gasteiger partial charge in [0.05, 0.1) is 0 Å². The number of halogens is 3. The Morgan fingerprint density at radius 3 is 2.67 bits per heavy atom. The molecule has 3 nitrogen and oxygen atoms in total. The van der Waals surface area contributed by atoms with Gasteiger partial charge in [-0.15, -0.1) is 4.99 Å². The lowest BCUT2D eigenvalue weighted by Crippen LogP contribution is -2.07. The molecule has 0 saturated carbocycles. The van der Waals surface area contributed by atoms with E-state index >= 15 is 0 Å². The van der Waals surface area contributed by atoms with E-state index in [1.807, 2.05) is 0 Å². The van der Waals surface area contributed by atoms with Gasteiger partial charge in [-0.05, 0) is 23.7 Å². The molecule has 0 aliphatic heterocycles. The van der Waals surface area contributed by atoms with E-state index in [0.29, 0.717) is 0 Å². The van der Waals surface area contributed by atoms with Gasteiger partial charge in [0, 0.05) is 0 Å². The van der Waals surface area contributed by atoms with Crippen LogP contribution in [0.2, 0.25) is 5.22 Å². The highest BCUT2D eigenvalue weighted by molar-refractivity contribution is 6.28. The van der Waals surface area contributed by atoms with Gasteiger partial charge >= 0.3 is 6.05 Å². The van der Waals surface area contributed by atoms with E-state index in [9.17, 15) is 13.6 Å². The molecular formula is C6H2ClF2NO2. The van der Waals surface area contributed by atoms with E-state index in [-0.39, 0.29) is 5.22 Å². The summed E-state index contributed by atoms with van der Waals surface area (Å²) in [6, 6.07) is -1.62. The molecule has 0 atom stereocenters. The summed E-state index contributed by atoms with van der Waals surface area (Å²) in [7, 11) is 0. The first kappa shape index (κ1) is 8.90. The summed E-state index contributed by atoms with van der Waals surface area (Å²) < 4.78 is 29.5. The lowest BCUT2D eigenvalue weighted by molar-refractivity contribution is -0.0158. The first-order chi connectivity index (χ1) is 5.56. The summed E-state index contributed by atoms with van der Waals surface area (Å²) in [6.07, 6.45) is 0.738. The third kappa shape index (κ3) is 1.69. The van der Waals surface area contributed by atoms with Crippen molar-refractivity contribution in [2.45, 2.75) is 6.05 Å². The lowest BCUT2D eigenvalue weighted by atomic mass is 10.4. The molecule has 0 radical (unpaired) electrons. The molecule has 0 spiro atoms. The summed E-state index contributed by atoms with van der Waals surface area (Å²) in [5, 5.41) is -0.189. The second-order valence-electron chi connectivity index (χ2n) is 1.85. The van der Waals surface area contributed by atoms with Crippen molar-refractivity contribution in [3.05, 3.63) is 23.1 Å². The van der Waals surface area contributed by atoms with Crippen LogP contribution in [0.4, 0.5) is 8.78 Å². The van der Waals surface area contributed by atoms with Crippen LogP contribution in [0, 0.1) is 0 Å². The van der Waals surface area contributed by atoms with Crippen LogP contribution in [0.3, 0.4) is 0 Å². The number of furan rings is 1. The molecule has 1 heterocycles. The van der Waals surface area contributed by atoms with Gasteiger partial charge in [0.1, 0.15) is 0 Å². The molecule has 0 fully saturated rings. The fourth-order valence-corrected chi connectivity index (χ4v) is 0.734. The molecule has 1 rings (SSSR count). The van der Waals surface area contributed by atoms with Crippen LogP contribution in [0.1, 0.15) is 5.76 Å². The number of hydrogen-bond acceptors (Lipinski definition) is 3. The largest absolute Gasteiger partial charge is 0.441 e. The molecule has 0 amide bonds. The van der Waals surface area contributed by atoms with Crippen LogP contribution in [-0.2, 0) is 10.8 Å². The molecule has 1 aromatic rings. The Kier molecular flexibility index (Phi) is 2.26. The Morgan fingerprint density at radius 1 is 1.58 bits per heavy atom. The third-order valence-electron chi connectivity index (χ3n) is 1.06. The highest BCUT2D eigenvalue weighted by Gasteiger charge is 2.34. The Morgan fingerprint density at radius 2 is 2.25 bits per heavy atom. The summed E-state index contributed by atoms with van der Waals surface area (Å²) in [5.74, 6) is -0.782. The maximum Gasteiger partial charge on any atom is 0.410 e. The predicted octanol–water partition coefficient (Wildman–Crippen LogP) is 2.32. The van der Waals surface area contributed by atoms with Crippen molar-refractivity contribution in [1.29, 1.82) is 0 Å². The minimum absolute atomic E-state index is 0.189. The maximum atomic E-state index is 12.6. The first-order valence-electron chi connectivity index (χ1n) is 2.79. The smallest absolute Gasteiger partial charge is 0.410 e. The minimum atomic E-state index is -3.69. The fourth-order valence-electron chi connectivity index (χ4n) is 0.588. The summed E-state index contributed by atoms with van der Waals surface area (Å²) >= 11 is 5.23. The number of nitrogens with zero attached hydrogens (tertiary/aromatic N) is 1. The van der Waals surface area contributed by atoms with Crippen molar-refractivity contribution in [1.82, 2.24) is 0 Å². The normalized spacial score (nSPS) is 10.9. The van der Waals surface area contributed by atoms with Crippen LogP contribution in [-0.4, -0.2) is 6.08 Å². The Balaban J connectivity index is 3.04. The van der Waals surface area contributed by atoms with Gasteiger partial charge in [-0.25, -0.2) is 4.79 Å². The minimum Gasteiger partial charge on any atom is -0.441 e. The second-order valence-corrected chi connectivity index (χ2v) is 2.22. The molecule has 0 N–H and O–H groups in total. The first-order valence-corrected chi connectivity index (χ1v) is 3.17. The maximum absolute atomic E-state index is 12.6. The van der Waals surface area contributed by atoms with Crippen molar-refractivity contribution < 1.29 is 18.0 Å². The number of hydrogen-bond donors (Lipinski definition) is 0. The van der Waals surface area contributed by atoms with Crippen molar-refractivity contribution in [2.24, 2.45) is 4.99 Å². The molecule has 64 valence electrons. The van der Waals surface area contributed by atoms with Crippen LogP contribution < -0.4 is 0 Å². The zero-order chi connectivity index (χ0) is 9.19. The van der Waals surface area contributed by atoms with Gasteiger partial charge in [0.2, 0.25) is 6.08 Å². The number of isocyanates is 1. The molecule has 0 saturated heterocycles. The fraction of sp³-hybridized carbons (Fsp3) is 0.167. The molecule has 0 unspecified atom stereocenters. The van der Waals surface area contributed by atoms with Crippen LogP contribution >= 0.6 is 11.6 Å². The summed E-state index contributed by atoms with van der Waals surface area (Å²) in [5.41, 5.74) is 0. The number of carbonyl (C=O) groups excluding carboxylic acids is 1. The topological polar surface area (TPSA) is 42.6 Å². The Labute approximate surface area is 70.6 Å². The number of rotatable bonds is 2. The summed E-state index contributed by atoms with van der Waals surface area (Å²) in [6.45, 7) is 0. The van der Waals surface area contributed by atoms with Crippen molar-refractivity contribution in [2.75, 3.05) is 0 Å². The molecule has 0 aliphatic rings. The van der Waals surface area contributed by atoms with Gasteiger partial charge in [0.15, 0.2) is 11.0 Å². The zero-order valence-electron chi connectivity index (χ0n) is 5.55. The zero-order valence-corrected chi connectivity index (χ0v) is 6.31. The van der Waals surface area contributed by atoms with Crippen LogP contribution in [0.5, 0.6) is 0 Å². The standard InChI is InChI=1S/C6H2ClF2NO2/c7-5-2-1-4(12-5)6(8,9)10-3-11/h1-2H. The van der Waals surface area contributed by atoms with Gasteiger partial charge in [-0.2, -0.15) is 8.78 Å². The Bertz CT molecular complexity index is 330. The summed E-state index contributed by atoms with van der Waals surface area (Å²) in [4.78, 5) is 11.8. The van der Waals surface area contributed by atoms with E-state index in [2.05, 4.69) is 9.41 Å². The van der Waals surface area contributed by atoms with Crippen molar-refractivity contribution in [3.63, 3.8) is 0 Å². The van der Waals surface area contributed by atoms with Gasteiger partial charge < -0.3 is 4.42 Å². The monoisotopic (exact) mass is 193 g/mol. The number of alkyl halides is 2. The van der Waals surface area contributed by atoms with Crippen LogP contribution in [0.15, 0.2) is 21.5 Å². The van der Waals surface area contributed by atoms with Crippen molar-refractivity contribution >= 4 is 17.7 Å². The average Bonchev–Trinajstić information content (AvgIpc) is 2.36. The quantitative estimate of drug-likeness (QED) is 0.411. The highest BCUT2D eigenvalue weighted by atomic mass is 35.5. The molecule has 0 aliphatic carbocycles. The van der Waals surface area contributed by atoms with Gasteiger partial charge in [-0.3, -0.25) is 0 Å². The molecule has 1 aromatic heterocycles. The second kappa shape index (κ2) is 3.05. The van der Waals surface area contributed by atoms with E-state index < -0.39 is 11.8 Å². The number of aliphatic imine (C=N–C) groups is 1. The average molecular weight is 194 g/mol. The Hall–Kier alpha value is -1.19. The predicted molar refractivity (Wildman–Crippen MR) is 35.7 cm³/mol. The molecule has 6 heteroatoms. The molecule has 0 bridgehead atoms. The van der Waals surface area contributed by atoms with Crippen LogP contribution in [0.25, 0.3) is 0 Å². The van der Waals surface area contributed by atoms with E-state index in [4.69, 9.17) is 11.6 Å². The van der Waals surface area contributed by atoms with Crippen molar-refractivity contribution in [3.8, 4) is 0 Å². The highest BCUT2D eigenvalue weighted by Crippen LogP contribution is 2.31. The SMILES string of the molecule is O=C=NC(F)(F)c1ccc(Cl)o1. The van der Waals surface area contributed by atoms with E-state index in [1.54, 1.807) is 0 Å². The molecule has 12 heavy (non-hydrogen) atoms. The van der Waals surface area contributed by atoms with E-state index in [0.717, 1.165) is 18.2 Å². The molecule has 0 aromatic carbocycles. The van der Waals surface area contributed by atoms with Gasteiger partial charge in [0.25, 0.3) is 0 Å². The van der Waals surface area contributed by atoms with Gasteiger partial charge in [-0.1, -0.05) is 0 Å². The third-order valence-corrected chi connectivity index (χ3v) is 1.26.